The summed E-state index contributed by atoms with van der Waals surface area (Å²) in [6.45, 7) is 7.41. The summed E-state index contributed by atoms with van der Waals surface area (Å²) in [4.78, 5) is 12.8. The number of nitrogens with zero attached hydrogens (tertiary/aromatic N) is 1. The second kappa shape index (κ2) is 8.72. The molecule has 2 aromatic carbocycles. The summed E-state index contributed by atoms with van der Waals surface area (Å²) in [6, 6.07) is 9.11. The maximum Gasteiger partial charge on any atom is 0.244 e. The number of sulfonamides is 1. The molecular weight excluding hydrogens is 419 g/mol. The van der Waals surface area contributed by atoms with E-state index < -0.39 is 22.0 Å². The Morgan fingerprint density at radius 2 is 1.57 bits per heavy atom. The number of halogens is 2. The standard InChI is InChI=1S/C20H24Cl2N2O3S/c1-12-6-7-16(8-13(12)2)14(3)23-20(25)15(4)24(28(5,26)27)19-10-17(21)9-18(22)11-19/h6-11,14-15H,1-5H3,(H,23,25). The lowest BCUT2D eigenvalue weighted by molar-refractivity contribution is -0.122. The van der Waals surface area contributed by atoms with E-state index in [1.54, 1.807) is 0 Å². The molecular formula is C20H24Cl2N2O3S. The molecule has 2 atom stereocenters. The minimum absolute atomic E-state index is 0.237. The fourth-order valence-electron chi connectivity index (χ4n) is 2.93. The highest BCUT2D eigenvalue weighted by Gasteiger charge is 2.30. The summed E-state index contributed by atoms with van der Waals surface area (Å²) < 4.78 is 25.8. The minimum atomic E-state index is -3.75. The lowest BCUT2D eigenvalue weighted by atomic mass is 10.0. The molecule has 0 bridgehead atoms. The molecule has 2 unspecified atom stereocenters. The molecule has 0 saturated carbocycles. The molecule has 2 rings (SSSR count). The smallest absolute Gasteiger partial charge is 0.244 e. The first-order chi connectivity index (χ1) is 12.9. The van der Waals surface area contributed by atoms with Gasteiger partial charge in [0, 0.05) is 10.0 Å². The molecule has 28 heavy (non-hydrogen) atoms. The van der Waals surface area contributed by atoms with Crippen LogP contribution in [-0.4, -0.2) is 26.6 Å². The molecule has 0 aliphatic rings. The third-order valence-corrected chi connectivity index (χ3v) is 6.26. The van der Waals surface area contributed by atoms with Gasteiger partial charge < -0.3 is 5.32 Å². The summed E-state index contributed by atoms with van der Waals surface area (Å²) in [5.74, 6) is -0.424. The maximum atomic E-state index is 12.8. The van der Waals surface area contributed by atoms with Gasteiger partial charge >= 0.3 is 0 Å². The normalized spacial score (nSPS) is 13.7. The summed E-state index contributed by atoms with van der Waals surface area (Å²) in [5, 5.41) is 3.45. The fraction of sp³-hybridized carbons (Fsp3) is 0.350. The lowest BCUT2D eigenvalue weighted by Crippen LogP contribution is -2.48. The molecule has 2 aromatic rings. The Kier molecular flexibility index (Phi) is 7.02. The number of anilines is 1. The van der Waals surface area contributed by atoms with Gasteiger partial charge in [-0.25, -0.2) is 8.42 Å². The lowest BCUT2D eigenvalue weighted by Gasteiger charge is -2.29. The zero-order chi connectivity index (χ0) is 21.2. The van der Waals surface area contributed by atoms with Crippen LogP contribution in [0.4, 0.5) is 5.69 Å². The molecule has 0 aliphatic carbocycles. The van der Waals surface area contributed by atoms with Gasteiger partial charge in [-0.2, -0.15) is 0 Å². The van der Waals surface area contributed by atoms with Crippen molar-refractivity contribution in [2.45, 2.75) is 39.8 Å². The quantitative estimate of drug-likeness (QED) is 0.707. The number of hydrogen-bond acceptors (Lipinski definition) is 3. The number of amides is 1. The van der Waals surface area contributed by atoms with E-state index >= 15 is 0 Å². The van der Waals surface area contributed by atoms with Crippen molar-refractivity contribution in [2.24, 2.45) is 0 Å². The van der Waals surface area contributed by atoms with Crippen LogP contribution in [0, 0.1) is 13.8 Å². The molecule has 5 nitrogen and oxygen atoms in total. The Labute approximate surface area is 176 Å². The average Bonchev–Trinajstić information content (AvgIpc) is 2.55. The van der Waals surface area contributed by atoms with Crippen LogP contribution in [0.5, 0.6) is 0 Å². The predicted octanol–water partition coefficient (Wildman–Crippen LogP) is 4.64. The van der Waals surface area contributed by atoms with Crippen molar-refractivity contribution in [3.05, 3.63) is 63.1 Å². The monoisotopic (exact) mass is 442 g/mol. The first kappa shape index (κ1) is 22.5. The highest BCUT2D eigenvalue weighted by molar-refractivity contribution is 7.92. The van der Waals surface area contributed by atoms with Gasteiger partial charge in [0.25, 0.3) is 0 Å². The van der Waals surface area contributed by atoms with Crippen LogP contribution in [-0.2, 0) is 14.8 Å². The molecule has 0 saturated heterocycles. The Bertz CT molecular complexity index is 973. The number of nitrogens with one attached hydrogen (secondary N) is 1. The van der Waals surface area contributed by atoms with Gasteiger partial charge in [-0.15, -0.1) is 0 Å². The number of aryl methyl sites for hydroxylation is 2. The van der Waals surface area contributed by atoms with Gasteiger partial charge in [0.1, 0.15) is 6.04 Å². The Morgan fingerprint density at radius 3 is 2.07 bits per heavy atom. The maximum absolute atomic E-state index is 12.8. The highest BCUT2D eigenvalue weighted by Crippen LogP contribution is 2.29. The van der Waals surface area contributed by atoms with Crippen LogP contribution >= 0.6 is 23.2 Å². The van der Waals surface area contributed by atoms with Crippen LogP contribution in [0.3, 0.4) is 0 Å². The van der Waals surface area contributed by atoms with Gasteiger partial charge in [0.05, 0.1) is 18.0 Å². The molecule has 0 heterocycles. The molecule has 1 N–H and O–H groups in total. The van der Waals surface area contributed by atoms with Crippen molar-refractivity contribution in [2.75, 3.05) is 10.6 Å². The van der Waals surface area contributed by atoms with Crippen molar-refractivity contribution in [1.82, 2.24) is 5.32 Å². The van der Waals surface area contributed by atoms with Gasteiger partial charge in [-0.1, -0.05) is 41.4 Å². The number of carbonyl (C=O) groups excluding carboxylic acids is 1. The Hall–Kier alpha value is -1.76. The van der Waals surface area contributed by atoms with E-state index in [0.717, 1.165) is 27.3 Å². The van der Waals surface area contributed by atoms with Crippen LogP contribution < -0.4 is 9.62 Å². The zero-order valence-corrected chi connectivity index (χ0v) is 18.8. The van der Waals surface area contributed by atoms with Gasteiger partial charge in [0.15, 0.2) is 0 Å². The average molecular weight is 443 g/mol. The molecule has 0 aliphatic heterocycles. The van der Waals surface area contributed by atoms with E-state index in [9.17, 15) is 13.2 Å². The molecule has 1 amide bonds. The summed E-state index contributed by atoms with van der Waals surface area (Å²) >= 11 is 12.0. The highest BCUT2D eigenvalue weighted by atomic mass is 35.5. The van der Waals surface area contributed by atoms with Crippen LogP contribution in [0.25, 0.3) is 0 Å². The van der Waals surface area contributed by atoms with E-state index in [0.29, 0.717) is 0 Å². The third-order valence-electron chi connectivity index (χ3n) is 4.58. The topological polar surface area (TPSA) is 66.5 Å². The van der Waals surface area contributed by atoms with Gasteiger partial charge in [-0.3, -0.25) is 9.10 Å². The molecule has 0 aromatic heterocycles. The van der Waals surface area contributed by atoms with Gasteiger partial charge in [0.2, 0.25) is 15.9 Å². The predicted molar refractivity (Wildman–Crippen MR) is 116 cm³/mol. The zero-order valence-electron chi connectivity index (χ0n) is 16.5. The second-order valence-corrected chi connectivity index (χ2v) is 9.67. The summed E-state index contributed by atoms with van der Waals surface area (Å²) in [5.41, 5.74) is 3.47. The van der Waals surface area contributed by atoms with E-state index in [2.05, 4.69) is 5.32 Å². The van der Waals surface area contributed by atoms with Crippen LogP contribution in [0.2, 0.25) is 10.0 Å². The van der Waals surface area contributed by atoms with Crippen LogP contribution in [0.1, 0.15) is 36.6 Å². The van der Waals surface area contributed by atoms with Crippen LogP contribution in [0.15, 0.2) is 36.4 Å². The molecule has 152 valence electrons. The number of benzene rings is 2. The third kappa shape index (κ3) is 5.40. The Balaban J connectivity index is 2.29. The minimum Gasteiger partial charge on any atom is -0.348 e. The number of rotatable bonds is 6. The summed E-state index contributed by atoms with van der Waals surface area (Å²) in [7, 11) is -3.75. The molecule has 0 fully saturated rings. The van der Waals surface area contributed by atoms with Crippen molar-refractivity contribution in [3.63, 3.8) is 0 Å². The number of hydrogen-bond donors (Lipinski definition) is 1. The largest absolute Gasteiger partial charge is 0.348 e. The van der Waals surface area contributed by atoms with Crippen molar-refractivity contribution in [3.8, 4) is 0 Å². The molecule has 8 heteroatoms. The second-order valence-electron chi connectivity index (χ2n) is 6.94. The molecule has 0 spiro atoms. The van der Waals surface area contributed by atoms with E-state index in [1.807, 2.05) is 39.0 Å². The van der Waals surface area contributed by atoms with Gasteiger partial charge in [-0.05, 0) is 62.6 Å². The van der Waals surface area contributed by atoms with Crippen molar-refractivity contribution >= 4 is 44.8 Å². The van der Waals surface area contributed by atoms with E-state index in [1.165, 1.54) is 25.1 Å². The summed E-state index contributed by atoms with van der Waals surface area (Å²) in [6.07, 6.45) is 1.04. The first-order valence-electron chi connectivity index (χ1n) is 8.73. The van der Waals surface area contributed by atoms with E-state index in [-0.39, 0.29) is 21.8 Å². The van der Waals surface area contributed by atoms with Crippen molar-refractivity contribution < 1.29 is 13.2 Å². The first-order valence-corrected chi connectivity index (χ1v) is 11.3. The SMILES string of the molecule is Cc1ccc(C(C)NC(=O)C(C)N(c2cc(Cl)cc(Cl)c2)S(C)(=O)=O)cc1C. The Morgan fingerprint density at radius 1 is 1.00 bits per heavy atom. The number of carbonyl (C=O) groups is 1. The molecule has 0 radical (unpaired) electrons. The fourth-order valence-corrected chi connectivity index (χ4v) is 4.60. The van der Waals surface area contributed by atoms with E-state index in [4.69, 9.17) is 23.2 Å². The van der Waals surface area contributed by atoms with Crippen molar-refractivity contribution in [1.29, 1.82) is 0 Å².